The number of nitrogens with one attached hydrogen (secondary N) is 3. The minimum absolute atomic E-state index is 0.0406. The maximum atomic E-state index is 12.8. The molecule has 0 radical (unpaired) electrons. The Morgan fingerprint density at radius 2 is 1.93 bits per heavy atom. The van der Waals surface area contributed by atoms with E-state index in [1.165, 1.54) is 4.90 Å². The fourth-order valence-corrected chi connectivity index (χ4v) is 3.66. The number of carbonyl (C=O) groups is 3. The molecule has 1 saturated heterocycles. The molecule has 2 aromatic rings. The van der Waals surface area contributed by atoms with Gasteiger partial charge in [-0.2, -0.15) is 0 Å². The van der Waals surface area contributed by atoms with Gasteiger partial charge in [0.05, 0.1) is 29.6 Å². The Labute approximate surface area is 174 Å². The van der Waals surface area contributed by atoms with Crippen molar-refractivity contribution in [1.29, 1.82) is 0 Å². The van der Waals surface area contributed by atoms with Crippen molar-refractivity contribution in [3.63, 3.8) is 0 Å². The number of hydrogen-bond acceptors (Lipinski definition) is 5. The van der Waals surface area contributed by atoms with Gasteiger partial charge in [0.1, 0.15) is 6.54 Å². The van der Waals surface area contributed by atoms with Crippen molar-refractivity contribution in [2.24, 2.45) is 0 Å². The zero-order chi connectivity index (χ0) is 20.9. The highest BCUT2D eigenvalue weighted by Crippen LogP contribution is 2.29. The topological polar surface area (TPSA) is 99.8 Å². The van der Waals surface area contributed by atoms with Gasteiger partial charge >= 0.3 is 0 Å². The van der Waals surface area contributed by atoms with Crippen molar-refractivity contribution in [3.8, 4) is 0 Å². The van der Waals surface area contributed by atoms with Crippen molar-refractivity contribution < 1.29 is 19.1 Å². The summed E-state index contributed by atoms with van der Waals surface area (Å²) in [6.45, 7) is 1.11. The van der Waals surface area contributed by atoms with E-state index in [4.69, 9.17) is 4.74 Å². The normalized spacial score (nSPS) is 17.8. The first-order valence-corrected chi connectivity index (χ1v) is 10.0. The number of hydrogen-bond donors (Lipinski definition) is 3. The average molecular weight is 408 g/mol. The molecule has 8 heteroatoms. The largest absolute Gasteiger partial charge is 0.376 e. The van der Waals surface area contributed by atoms with Gasteiger partial charge in [0, 0.05) is 18.8 Å². The van der Waals surface area contributed by atoms with Crippen LogP contribution in [0, 0.1) is 0 Å². The lowest BCUT2D eigenvalue weighted by atomic mass is 10.1. The quantitative estimate of drug-likeness (QED) is 0.679. The van der Waals surface area contributed by atoms with E-state index >= 15 is 0 Å². The van der Waals surface area contributed by atoms with Gasteiger partial charge in [-0.1, -0.05) is 24.3 Å². The van der Waals surface area contributed by atoms with E-state index in [9.17, 15) is 14.4 Å². The summed E-state index contributed by atoms with van der Waals surface area (Å²) < 4.78 is 5.54. The van der Waals surface area contributed by atoms with Crippen LogP contribution in [0.3, 0.4) is 0 Å². The maximum absolute atomic E-state index is 12.8. The predicted octanol–water partition coefficient (Wildman–Crippen LogP) is 1.99. The molecule has 0 bridgehead atoms. The summed E-state index contributed by atoms with van der Waals surface area (Å²) >= 11 is 0. The Bertz CT molecular complexity index is 956. The molecule has 0 spiro atoms. The van der Waals surface area contributed by atoms with Crippen LogP contribution in [0.1, 0.15) is 23.2 Å². The Morgan fingerprint density at radius 1 is 1.13 bits per heavy atom. The lowest BCUT2D eigenvalue weighted by molar-refractivity contribution is -0.120. The molecule has 2 aliphatic heterocycles. The SMILES string of the molecule is O=C1CN(C(=O)CNc2ccccc2C(=O)NCC2CCCO2)c2ccccc2N1. The second-order valence-corrected chi connectivity index (χ2v) is 7.29. The zero-order valence-corrected chi connectivity index (χ0v) is 16.5. The van der Waals surface area contributed by atoms with Crippen LogP contribution in [-0.4, -0.2) is 50.1 Å². The number of rotatable bonds is 6. The number of amides is 3. The Morgan fingerprint density at radius 3 is 2.77 bits per heavy atom. The minimum Gasteiger partial charge on any atom is -0.376 e. The smallest absolute Gasteiger partial charge is 0.253 e. The van der Waals surface area contributed by atoms with Crippen LogP contribution in [0.15, 0.2) is 48.5 Å². The number of benzene rings is 2. The van der Waals surface area contributed by atoms with Crippen molar-refractivity contribution in [2.75, 3.05) is 41.8 Å². The van der Waals surface area contributed by atoms with E-state index in [2.05, 4.69) is 16.0 Å². The molecule has 0 aromatic heterocycles. The highest BCUT2D eigenvalue weighted by atomic mass is 16.5. The number of nitrogens with zero attached hydrogens (tertiary/aromatic N) is 1. The van der Waals surface area contributed by atoms with Gasteiger partial charge in [0.25, 0.3) is 5.91 Å². The number of anilines is 3. The molecule has 30 heavy (non-hydrogen) atoms. The molecule has 0 saturated carbocycles. The zero-order valence-electron chi connectivity index (χ0n) is 16.5. The van der Waals surface area contributed by atoms with E-state index in [-0.39, 0.29) is 36.9 Å². The van der Waals surface area contributed by atoms with Gasteiger partial charge in [-0.25, -0.2) is 0 Å². The lowest BCUT2D eigenvalue weighted by Crippen LogP contribution is -2.44. The van der Waals surface area contributed by atoms with E-state index in [1.807, 2.05) is 6.07 Å². The van der Waals surface area contributed by atoms with Gasteiger partial charge < -0.3 is 20.7 Å². The first kappa shape index (κ1) is 19.9. The monoisotopic (exact) mass is 408 g/mol. The molecule has 156 valence electrons. The summed E-state index contributed by atoms with van der Waals surface area (Å²) in [5.74, 6) is -0.716. The third-order valence-electron chi connectivity index (χ3n) is 5.19. The molecule has 2 aliphatic rings. The molecular formula is C22H24N4O4. The Kier molecular flexibility index (Phi) is 5.94. The summed E-state index contributed by atoms with van der Waals surface area (Å²) in [4.78, 5) is 38.8. The van der Waals surface area contributed by atoms with Crippen LogP contribution >= 0.6 is 0 Å². The van der Waals surface area contributed by atoms with Crippen LogP contribution in [-0.2, 0) is 14.3 Å². The van der Waals surface area contributed by atoms with Crippen LogP contribution in [0.2, 0.25) is 0 Å². The van der Waals surface area contributed by atoms with Crippen LogP contribution in [0.25, 0.3) is 0 Å². The third kappa shape index (κ3) is 4.44. The van der Waals surface area contributed by atoms with Crippen LogP contribution in [0.5, 0.6) is 0 Å². The van der Waals surface area contributed by atoms with Crippen LogP contribution < -0.4 is 20.9 Å². The lowest BCUT2D eigenvalue weighted by Gasteiger charge is -2.29. The second-order valence-electron chi connectivity index (χ2n) is 7.29. The molecule has 8 nitrogen and oxygen atoms in total. The van der Waals surface area contributed by atoms with Gasteiger partial charge in [-0.15, -0.1) is 0 Å². The molecular weight excluding hydrogens is 384 g/mol. The van der Waals surface area contributed by atoms with Gasteiger partial charge in [-0.05, 0) is 37.1 Å². The van der Waals surface area contributed by atoms with Gasteiger partial charge in [0.2, 0.25) is 11.8 Å². The first-order chi connectivity index (χ1) is 14.6. The highest BCUT2D eigenvalue weighted by Gasteiger charge is 2.26. The summed E-state index contributed by atoms with van der Waals surface area (Å²) in [6, 6.07) is 14.2. The molecule has 1 fully saturated rings. The van der Waals surface area contributed by atoms with Crippen molar-refractivity contribution in [1.82, 2.24) is 5.32 Å². The summed E-state index contributed by atoms with van der Waals surface area (Å²) in [5.41, 5.74) is 2.29. The fourth-order valence-electron chi connectivity index (χ4n) is 3.66. The van der Waals surface area contributed by atoms with Gasteiger partial charge in [-0.3, -0.25) is 19.3 Å². The van der Waals surface area contributed by atoms with E-state index in [0.29, 0.717) is 29.2 Å². The summed E-state index contributed by atoms with van der Waals surface area (Å²) in [5, 5.41) is 8.71. The van der Waals surface area contributed by atoms with Crippen LogP contribution in [0.4, 0.5) is 17.1 Å². The van der Waals surface area contributed by atoms with Crippen molar-refractivity contribution in [2.45, 2.75) is 18.9 Å². The second kappa shape index (κ2) is 8.96. The van der Waals surface area contributed by atoms with E-state index in [1.54, 1.807) is 42.5 Å². The molecule has 3 amide bonds. The number of carbonyl (C=O) groups excluding carboxylic acids is 3. The van der Waals surface area contributed by atoms with Crippen molar-refractivity contribution in [3.05, 3.63) is 54.1 Å². The summed E-state index contributed by atoms with van der Waals surface area (Å²) in [7, 11) is 0. The fraction of sp³-hybridized carbons (Fsp3) is 0.318. The maximum Gasteiger partial charge on any atom is 0.253 e. The standard InChI is InChI=1S/C22H24N4O4/c27-20-14-26(19-10-4-3-9-18(19)25-20)21(28)13-23-17-8-2-1-7-16(17)22(29)24-12-15-6-5-11-30-15/h1-4,7-10,15,23H,5-6,11-14H2,(H,24,29)(H,25,27). The molecule has 2 heterocycles. The van der Waals surface area contributed by atoms with Gasteiger partial charge in [0.15, 0.2) is 0 Å². The molecule has 2 aromatic carbocycles. The highest BCUT2D eigenvalue weighted by molar-refractivity contribution is 6.11. The van der Waals surface area contributed by atoms with E-state index in [0.717, 1.165) is 19.4 Å². The Hall–Kier alpha value is -3.39. The first-order valence-electron chi connectivity index (χ1n) is 10.0. The number of fused-ring (bicyclic) bond motifs is 1. The minimum atomic E-state index is -0.258. The summed E-state index contributed by atoms with van der Waals surface area (Å²) in [6.07, 6.45) is 2.01. The molecule has 4 rings (SSSR count). The predicted molar refractivity (Wildman–Crippen MR) is 114 cm³/mol. The van der Waals surface area contributed by atoms with Crippen molar-refractivity contribution >= 4 is 34.8 Å². The molecule has 1 unspecified atom stereocenters. The average Bonchev–Trinajstić information content (AvgIpc) is 3.29. The third-order valence-corrected chi connectivity index (χ3v) is 5.19. The number of para-hydroxylation sites is 3. The van der Waals surface area contributed by atoms with E-state index < -0.39 is 0 Å². The molecule has 0 aliphatic carbocycles. The Balaban J connectivity index is 1.41. The number of ether oxygens (including phenoxy) is 1. The molecule has 3 N–H and O–H groups in total. The molecule has 1 atom stereocenters.